The van der Waals surface area contributed by atoms with Crippen molar-refractivity contribution in [1.82, 2.24) is 4.98 Å². The summed E-state index contributed by atoms with van der Waals surface area (Å²) in [6.07, 6.45) is 1.84. The van der Waals surface area contributed by atoms with E-state index in [0.29, 0.717) is 5.90 Å². The summed E-state index contributed by atoms with van der Waals surface area (Å²) < 4.78 is 5.46. The third kappa shape index (κ3) is 2.74. The molecule has 0 saturated carbocycles. The summed E-state index contributed by atoms with van der Waals surface area (Å²) in [5, 5.41) is 0.998. The topological polar surface area (TPSA) is 54.5 Å². The third-order valence-electron chi connectivity index (χ3n) is 4.58. The highest BCUT2D eigenvalue weighted by molar-refractivity contribution is 6.07. The van der Waals surface area contributed by atoms with Crippen LogP contribution < -0.4 is 0 Å². The summed E-state index contributed by atoms with van der Waals surface area (Å²) >= 11 is 0. The Morgan fingerprint density at radius 1 is 1.04 bits per heavy atom. The molecule has 0 saturated heterocycles. The van der Waals surface area contributed by atoms with Gasteiger partial charge in [0.15, 0.2) is 6.04 Å². The van der Waals surface area contributed by atoms with Crippen LogP contribution in [0.25, 0.3) is 10.9 Å². The summed E-state index contributed by atoms with van der Waals surface area (Å²) in [7, 11) is 0. The average Bonchev–Trinajstić information content (AvgIpc) is 3.17. The summed E-state index contributed by atoms with van der Waals surface area (Å²) in [5.74, 6) is 0.0559. The van der Waals surface area contributed by atoms with Gasteiger partial charge < -0.3 is 9.72 Å². The predicted octanol–water partition coefficient (Wildman–Crippen LogP) is 4.51. The van der Waals surface area contributed by atoms with Crippen molar-refractivity contribution in [2.24, 2.45) is 4.99 Å². The van der Waals surface area contributed by atoms with Crippen LogP contribution in [-0.4, -0.2) is 16.9 Å². The second-order valence-corrected chi connectivity index (χ2v) is 7.37. The van der Waals surface area contributed by atoms with E-state index in [1.807, 2.05) is 42.6 Å². The molecule has 0 spiro atoms. The van der Waals surface area contributed by atoms with Crippen LogP contribution in [0, 0.1) is 0 Å². The first-order chi connectivity index (χ1) is 11.9. The summed E-state index contributed by atoms with van der Waals surface area (Å²) in [6.45, 7) is 6.51. The molecule has 1 aromatic heterocycles. The van der Waals surface area contributed by atoms with Gasteiger partial charge in [0, 0.05) is 28.2 Å². The van der Waals surface area contributed by atoms with Gasteiger partial charge in [-0.3, -0.25) is 0 Å². The van der Waals surface area contributed by atoms with Gasteiger partial charge in [-0.25, -0.2) is 9.79 Å². The molecular weight excluding hydrogens is 312 g/mol. The fourth-order valence-electron chi connectivity index (χ4n) is 3.11. The Bertz CT molecular complexity index is 975. The zero-order valence-electron chi connectivity index (χ0n) is 14.5. The van der Waals surface area contributed by atoms with Gasteiger partial charge in [-0.15, -0.1) is 0 Å². The molecule has 0 bridgehead atoms. The lowest BCUT2D eigenvalue weighted by Gasteiger charge is -2.18. The van der Waals surface area contributed by atoms with Gasteiger partial charge in [-0.1, -0.05) is 51.1 Å². The largest absolute Gasteiger partial charge is 0.405 e. The van der Waals surface area contributed by atoms with Crippen LogP contribution in [-0.2, 0) is 14.9 Å². The first kappa shape index (κ1) is 15.6. The molecule has 1 N–H and O–H groups in total. The fraction of sp³-hybridized carbons (Fsp3) is 0.238. The fourth-order valence-corrected chi connectivity index (χ4v) is 3.11. The number of hydrogen-bond acceptors (Lipinski definition) is 3. The lowest BCUT2D eigenvalue weighted by atomic mass is 9.87. The number of para-hydroxylation sites is 1. The lowest BCUT2D eigenvalue weighted by Crippen LogP contribution is -2.12. The van der Waals surface area contributed by atoms with E-state index in [9.17, 15) is 4.79 Å². The number of rotatable bonds is 2. The van der Waals surface area contributed by atoms with Crippen LogP contribution in [0.15, 0.2) is 59.7 Å². The van der Waals surface area contributed by atoms with E-state index in [-0.39, 0.29) is 11.4 Å². The second-order valence-electron chi connectivity index (χ2n) is 7.37. The van der Waals surface area contributed by atoms with Gasteiger partial charge in [-0.05, 0) is 29.2 Å². The highest BCUT2D eigenvalue weighted by Gasteiger charge is 2.33. The number of cyclic esters (lactones) is 1. The summed E-state index contributed by atoms with van der Waals surface area (Å²) in [6, 6.07) is 15.3. The number of carbonyl (C=O) groups is 1. The molecule has 126 valence electrons. The lowest BCUT2D eigenvalue weighted by molar-refractivity contribution is -0.135. The molecule has 1 atom stereocenters. The van der Waals surface area contributed by atoms with Crippen molar-refractivity contribution in [3.05, 3.63) is 71.4 Å². The van der Waals surface area contributed by atoms with Crippen molar-refractivity contribution in [3.63, 3.8) is 0 Å². The maximum absolute atomic E-state index is 12.4. The minimum absolute atomic E-state index is 0.0826. The molecule has 1 aliphatic heterocycles. The van der Waals surface area contributed by atoms with Crippen LogP contribution in [0.3, 0.4) is 0 Å². The molecule has 4 rings (SSSR count). The Hall–Kier alpha value is -2.88. The number of ether oxygens (including phenoxy) is 1. The van der Waals surface area contributed by atoms with Crippen molar-refractivity contribution in [1.29, 1.82) is 0 Å². The number of nitrogens with zero attached hydrogens (tertiary/aromatic N) is 1. The van der Waals surface area contributed by atoms with Gasteiger partial charge in [-0.2, -0.15) is 0 Å². The molecule has 3 aromatic rings. The number of carbonyl (C=O) groups excluding carboxylic acids is 1. The molecule has 4 heteroatoms. The molecule has 25 heavy (non-hydrogen) atoms. The zero-order valence-corrected chi connectivity index (χ0v) is 14.5. The Kier molecular flexibility index (Phi) is 3.49. The van der Waals surface area contributed by atoms with Gasteiger partial charge >= 0.3 is 5.97 Å². The first-order valence-corrected chi connectivity index (χ1v) is 8.40. The maximum atomic E-state index is 12.4. The van der Waals surface area contributed by atoms with E-state index in [4.69, 9.17) is 4.74 Å². The number of H-pyrrole nitrogens is 1. The molecule has 2 aromatic carbocycles. The number of aliphatic imine (C=N–C) groups is 1. The zero-order chi connectivity index (χ0) is 17.6. The van der Waals surface area contributed by atoms with Crippen molar-refractivity contribution in [2.45, 2.75) is 32.2 Å². The van der Waals surface area contributed by atoms with Crippen LogP contribution in [0.1, 0.15) is 43.5 Å². The average molecular weight is 332 g/mol. The van der Waals surface area contributed by atoms with Crippen molar-refractivity contribution in [3.8, 4) is 0 Å². The molecule has 0 radical (unpaired) electrons. The molecular formula is C21H20N2O2. The Morgan fingerprint density at radius 2 is 1.76 bits per heavy atom. The SMILES string of the molecule is CC(C)(C)c1ccc(C2=NC(c3c[nH]c4ccccc34)C(=O)O2)cc1. The third-order valence-corrected chi connectivity index (χ3v) is 4.58. The molecule has 4 nitrogen and oxygen atoms in total. The number of esters is 1. The number of nitrogens with one attached hydrogen (secondary N) is 1. The molecule has 1 aliphatic rings. The molecule has 1 unspecified atom stereocenters. The van der Waals surface area contributed by atoms with E-state index < -0.39 is 6.04 Å². The van der Waals surface area contributed by atoms with Crippen LogP contribution in [0.5, 0.6) is 0 Å². The number of benzene rings is 2. The molecule has 0 amide bonds. The van der Waals surface area contributed by atoms with E-state index in [1.54, 1.807) is 0 Å². The van der Waals surface area contributed by atoms with Crippen LogP contribution in [0.4, 0.5) is 0 Å². The second kappa shape index (κ2) is 5.59. The Balaban J connectivity index is 1.69. The smallest absolute Gasteiger partial charge is 0.342 e. The number of aromatic amines is 1. The van der Waals surface area contributed by atoms with Crippen LogP contribution in [0.2, 0.25) is 0 Å². The van der Waals surface area contributed by atoms with Crippen LogP contribution >= 0.6 is 0 Å². The monoisotopic (exact) mass is 332 g/mol. The van der Waals surface area contributed by atoms with Gasteiger partial charge in [0.1, 0.15) is 0 Å². The normalized spacial score (nSPS) is 17.6. The van der Waals surface area contributed by atoms with E-state index in [0.717, 1.165) is 22.0 Å². The van der Waals surface area contributed by atoms with Crippen molar-refractivity contribution >= 4 is 22.8 Å². The highest BCUT2D eigenvalue weighted by atomic mass is 16.6. The molecule has 0 fully saturated rings. The van der Waals surface area contributed by atoms with Gasteiger partial charge in [0.05, 0.1) is 0 Å². The highest BCUT2D eigenvalue weighted by Crippen LogP contribution is 2.32. The van der Waals surface area contributed by atoms with Gasteiger partial charge in [0.2, 0.25) is 5.90 Å². The quantitative estimate of drug-likeness (QED) is 0.702. The minimum Gasteiger partial charge on any atom is -0.405 e. The van der Waals surface area contributed by atoms with E-state index >= 15 is 0 Å². The number of hydrogen-bond donors (Lipinski definition) is 1. The minimum atomic E-state index is -0.617. The summed E-state index contributed by atoms with van der Waals surface area (Å²) in [5.41, 5.74) is 3.97. The number of fused-ring (bicyclic) bond motifs is 1. The molecule has 0 aliphatic carbocycles. The first-order valence-electron chi connectivity index (χ1n) is 8.40. The van der Waals surface area contributed by atoms with Gasteiger partial charge in [0.25, 0.3) is 0 Å². The number of aromatic nitrogens is 1. The van der Waals surface area contributed by atoms with Crippen molar-refractivity contribution in [2.75, 3.05) is 0 Å². The van der Waals surface area contributed by atoms with Crippen molar-refractivity contribution < 1.29 is 9.53 Å². The van der Waals surface area contributed by atoms with E-state index in [1.165, 1.54) is 5.56 Å². The maximum Gasteiger partial charge on any atom is 0.342 e. The predicted molar refractivity (Wildman–Crippen MR) is 98.8 cm³/mol. The Morgan fingerprint density at radius 3 is 2.48 bits per heavy atom. The molecule has 2 heterocycles. The van der Waals surface area contributed by atoms with E-state index in [2.05, 4.69) is 42.9 Å². The summed E-state index contributed by atoms with van der Waals surface area (Å²) in [4.78, 5) is 20.1. The Labute approximate surface area is 146 Å². The standard InChI is InChI=1S/C21H20N2O2/c1-21(2,3)14-10-8-13(9-11-14)19-23-18(20(24)25-19)16-12-22-17-7-5-4-6-15(16)17/h4-12,18,22H,1-3H3.